The Kier molecular flexibility index (Phi) is 5.85. The Hall–Kier alpha value is -2.05. The summed E-state index contributed by atoms with van der Waals surface area (Å²) in [5.41, 5.74) is 1.49. The van der Waals surface area contributed by atoms with Crippen molar-refractivity contribution in [2.45, 2.75) is 20.4 Å². The molecule has 2 rings (SSSR count). The van der Waals surface area contributed by atoms with Gasteiger partial charge in [0.1, 0.15) is 11.3 Å². The maximum absolute atomic E-state index is 12.1. The average molecular weight is 371 g/mol. The van der Waals surface area contributed by atoms with Crippen LogP contribution in [0.1, 0.15) is 27.4 Å². The number of benzene rings is 1. The predicted octanol–water partition coefficient (Wildman–Crippen LogP) is 3.41. The van der Waals surface area contributed by atoms with Crippen LogP contribution in [0.25, 0.3) is 0 Å². The number of hydrogen-bond donors (Lipinski definition) is 0. The van der Waals surface area contributed by atoms with Gasteiger partial charge in [0.15, 0.2) is 6.61 Å². The molecule has 2 aromatic rings. The zero-order valence-electron chi connectivity index (χ0n) is 13.4. The highest BCUT2D eigenvalue weighted by Gasteiger charge is 2.20. The average Bonchev–Trinajstić information content (AvgIpc) is 2.87. The van der Waals surface area contributed by atoms with E-state index in [1.54, 1.807) is 39.1 Å². The molecular weight excluding hydrogens is 355 g/mol. The molecule has 0 fully saturated rings. The number of aryl methyl sites for hydroxylation is 2. The fraction of sp³-hybridized carbons (Fsp3) is 0.312. The van der Waals surface area contributed by atoms with Crippen molar-refractivity contribution >= 4 is 35.1 Å². The minimum absolute atomic E-state index is 0.245. The van der Waals surface area contributed by atoms with E-state index >= 15 is 0 Å². The second kappa shape index (κ2) is 7.68. The van der Waals surface area contributed by atoms with Gasteiger partial charge in [-0.15, -0.1) is 0 Å². The third-order valence-electron chi connectivity index (χ3n) is 3.39. The molecule has 1 aromatic heterocycles. The molecule has 0 N–H and O–H groups in total. The van der Waals surface area contributed by atoms with Crippen LogP contribution in [0.15, 0.2) is 22.7 Å². The maximum Gasteiger partial charge on any atom is 0.344 e. The smallest absolute Gasteiger partial charge is 0.344 e. The van der Waals surface area contributed by atoms with Gasteiger partial charge in [-0.05, 0) is 31.5 Å². The second-order valence-electron chi connectivity index (χ2n) is 5.27. The molecule has 0 unspecified atom stereocenters. The van der Waals surface area contributed by atoms with Crippen LogP contribution in [-0.2, 0) is 16.1 Å². The van der Waals surface area contributed by atoms with Gasteiger partial charge < -0.3 is 14.2 Å². The standard InChI is InChI=1S/C16H16Cl2N2O4/c1-9-15(10(2)24-19-9)16(22)23-8-14(21)20(3)7-11-4-5-12(17)13(18)6-11/h4-6H,7-8H2,1-3H3. The molecule has 0 saturated carbocycles. The van der Waals surface area contributed by atoms with E-state index in [4.69, 9.17) is 32.5 Å². The third-order valence-corrected chi connectivity index (χ3v) is 4.13. The number of likely N-dealkylation sites (N-methyl/N-ethyl adjacent to an activating group) is 1. The van der Waals surface area contributed by atoms with Crippen molar-refractivity contribution in [2.24, 2.45) is 0 Å². The van der Waals surface area contributed by atoms with Crippen molar-refractivity contribution in [1.82, 2.24) is 10.1 Å². The number of ether oxygens (including phenoxy) is 1. The molecule has 0 spiro atoms. The van der Waals surface area contributed by atoms with E-state index in [1.807, 2.05) is 0 Å². The fourth-order valence-electron chi connectivity index (χ4n) is 2.08. The molecule has 0 bridgehead atoms. The van der Waals surface area contributed by atoms with E-state index in [0.717, 1.165) is 5.56 Å². The molecule has 128 valence electrons. The van der Waals surface area contributed by atoms with Gasteiger partial charge in [0, 0.05) is 13.6 Å². The molecule has 6 nitrogen and oxygen atoms in total. The Bertz CT molecular complexity index is 754. The molecule has 1 heterocycles. The van der Waals surface area contributed by atoms with Crippen molar-refractivity contribution < 1.29 is 18.8 Å². The Labute approximate surface area is 149 Å². The number of esters is 1. The minimum atomic E-state index is -0.637. The summed E-state index contributed by atoms with van der Waals surface area (Å²) in [5, 5.41) is 4.54. The highest BCUT2D eigenvalue weighted by Crippen LogP contribution is 2.23. The molecule has 1 amide bonds. The van der Waals surface area contributed by atoms with Crippen LogP contribution in [0.2, 0.25) is 10.0 Å². The molecule has 24 heavy (non-hydrogen) atoms. The van der Waals surface area contributed by atoms with Crippen LogP contribution in [0, 0.1) is 13.8 Å². The van der Waals surface area contributed by atoms with Crippen molar-refractivity contribution in [3.63, 3.8) is 0 Å². The number of carbonyl (C=O) groups excluding carboxylic acids is 2. The first-order valence-electron chi connectivity index (χ1n) is 7.07. The van der Waals surface area contributed by atoms with E-state index < -0.39 is 5.97 Å². The van der Waals surface area contributed by atoms with Crippen molar-refractivity contribution in [2.75, 3.05) is 13.7 Å². The topological polar surface area (TPSA) is 72.6 Å². The Morgan fingerprint density at radius 1 is 1.25 bits per heavy atom. The Morgan fingerprint density at radius 2 is 1.96 bits per heavy atom. The van der Waals surface area contributed by atoms with E-state index in [2.05, 4.69) is 5.16 Å². The van der Waals surface area contributed by atoms with Crippen LogP contribution < -0.4 is 0 Å². The normalized spacial score (nSPS) is 10.5. The van der Waals surface area contributed by atoms with E-state index in [1.165, 1.54) is 4.90 Å². The first kappa shape index (κ1) is 18.3. The van der Waals surface area contributed by atoms with Gasteiger partial charge in [-0.25, -0.2) is 4.79 Å². The summed E-state index contributed by atoms with van der Waals surface area (Å²) in [4.78, 5) is 25.5. The monoisotopic (exact) mass is 370 g/mol. The minimum Gasteiger partial charge on any atom is -0.452 e. The zero-order chi connectivity index (χ0) is 17.9. The lowest BCUT2D eigenvalue weighted by molar-refractivity contribution is -0.133. The first-order chi connectivity index (χ1) is 11.3. The highest BCUT2D eigenvalue weighted by molar-refractivity contribution is 6.42. The van der Waals surface area contributed by atoms with Crippen LogP contribution in [0.5, 0.6) is 0 Å². The van der Waals surface area contributed by atoms with E-state index in [9.17, 15) is 9.59 Å². The number of nitrogens with zero attached hydrogens (tertiary/aromatic N) is 2. The summed E-state index contributed by atoms with van der Waals surface area (Å²) in [7, 11) is 1.61. The third kappa shape index (κ3) is 4.27. The summed E-state index contributed by atoms with van der Waals surface area (Å²) in [6, 6.07) is 5.12. The van der Waals surface area contributed by atoms with Crippen molar-refractivity contribution in [3.05, 3.63) is 50.8 Å². The van der Waals surface area contributed by atoms with Crippen LogP contribution >= 0.6 is 23.2 Å². The lowest BCUT2D eigenvalue weighted by Gasteiger charge is -2.17. The molecule has 0 aliphatic carbocycles. The highest BCUT2D eigenvalue weighted by atomic mass is 35.5. The van der Waals surface area contributed by atoms with Crippen LogP contribution in [-0.4, -0.2) is 35.6 Å². The summed E-state index contributed by atoms with van der Waals surface area (Å²) in [6.45, 7) is 3.18. The van der Waals surface area contributed by atoms with E-state index in [0.29, 0.717) is 28.0 Å². The SMILES string of the molecule is Cc1noc(C)c1C(=O)OCC(=O)N(C)Cc1ccc(Cl)c(Cl)c1. The summed E-state index contributed by atoms with van der Waals surface area (Å²) in [5.74, 6) is -0.627. The van der Waals surface area contributed by atoms with Crippen molar-refractivity contribution in [3.8, 4) is 0 Å². The van der Waals surface area contributed by atoms with Crippen LogP contribution in [0.4, 0.5) is 0 Å². The summed E-state index contributed by atoms with van der Waals surface area (Å²) in [6.07, 6.45) is 0. The molecule has 0 aliphatic heterocycles. The van der Waals surface area contributed by atoms with Gasteiger partial charge in [-0.2, -0.15) is 0 Å². The molecule has 0 aliphatic rings. The maximum atomic E-state index is 12.1. The number of hydrogen-bond acceptors (Lipinski definition) is 5. The Balaban J connectivity index is 1.92. The predicted molar refractivity (Wildman–Crippen MR) is 89.2 cm³/mol. The summed E-state index contributed by atoms with van der Waals surface area (Å²) < 4.78 is 9.94. The van der Waals surface area contributed by atoms with Crippen LogP contribution in [0.3, 0.4) is 0 Å². The first-order valence-corrected chi connectivity index (χ1v) is 7.83. The summed E-state index contributed by atoms with van der Waals surface area (Å²) >= 11 is 11.8. The van der Waals surface area contributed by atoms with Gasteiger partial charge in [0.25, 0.3) is 5.91 Å². The number of aromatic nitrogens is 1. The molecule has 1 aromatic carbocycles. The largest absolute Gasteiger partial charge is 0.452 e. The number of rotatable bonds is 5. The Morgan fingerprint density at radius 3 is 2.54 bits per heavy atom. The van der Waals surface area contributed by atoms with E-state index in [-0.39, 0.29) is 18.1 Å². The van der Waals surface area contributed by atoms with Gasteiger partial charge >= 0.3 is 5.97 Å². The molecule has 0 saturated heterocycles. The lowest BCUT2D eigenvalue weighted by atomic mass is 10.2. The zero-order valence-corrected chi connectivity index (χ0v) is 14.9. The molecule has 8 heteroatoms. The quantitative estimate of drug-likeness (QED) is 0.754. The number of halogens is 2. The fourth-order valence-corrected chi connectivity index (χ4v) is 2.40. The molecule has 0 radical (unpaired) electrons. The second-order valence-corrected chi connectivity index (χ2v) is 6.09. The number of carbonyl (C=O) groups is 2. The molecular formula is C16H16Cl2N2O4. The lowest BCUT2D eigenvalue weighted by Crippen LogP contribution is -2.31. The van der Waals surface area contributed by atoms with Gasteiger partial charge in [0.05, 0.1) is 15.7 Å². The van der Waals surface area contributed by atoms with Gasteiger partial charge in [-0.3, -0.25) is 4.79 Å². The van der Waals surface area contributed by atoms with Gasteiger partial charge in [0.2, 0.25) is 0 Å². The molecule has 0 atom stereocenters. The van der Waals surface area contributed by atoms with Gasteiger partial charge in [-0.1, -0.05) is 34.4 Å². The number of amides is 1. The van der Waals surface area contributed by atoms with Crippen molar-refractivity contribution in [1.29, 1.82) is 0 Å².